The molecule has 1 aliphatic rings. The number of aromatic hydroxyl groups is 2. The van der Waals surface area contributed by atoms with Crippen LogP contribution in [0.5, 0.6) is 11.5 Å². The van der Waals surface area contributed by atoms with Crippen LogP contribution in [0, 0.1) is 0 Å². The van der Waals surface area contributed by atoms with E-state index in [2.05, 4.69) is 0 Å². The van der Waals surface area contributed by atoms with E-state index in [0.29, 0.717) is 0 Å². The molecule has 0 fully saturated rings. The van der Waals surface area contributed by atoms with Gasteiger partial charge in [0, 0.05) is 11.6 Å². The van der Waals surface area contributed by atoms with Crippen LogP contribution in [0.2, 0.25) is 0 Å². The molecule has 0 aromatic heterocycles. The maximum atomic E-state index is 11.3. The van der Waals surface area contributed by atoms with Crippen LogP contribution in [-0.2, 0) is 9.53 Å². The van der Waals surface area contributed by atoms with Gasteiger partial charge in [0.2, 0.25) is 0 Å². The van der Waals surface area contributed by atoms with Gasteiger partial charge in [-0.3, -0.25) is 4.79 Å². The van der Waals surface area contributed by atoms with Gasteiger partial charge < -0.3 is 14.9 Å². The van der Waals surface area contributed by atoms with Gasteiger partial charge in [0.15, 0.2) is 11.9 Å². The summed E-state index contributed by atoms with van der Waals surface area (Å²) in [6.45, 7) is 1.27. The maximum Gasteiger partial charge on any atom is 0.343 e. The summed E-state index contributed by atoms with van der Waals surface area (Å²) in [5.41, 5.74) is 0.165. The first-order valence-electron chi connectivity index (χ1n) is 4.28. The number of carbonyl (C=O) groups excluding carboxylic acids is 2. The molecule has 1 atom stereocenters. The van der Waals surface area contributed by atoms with E-state index in [1.54, 1.807) is 0 Å². The number of phenols is 2. The maximum absolute atomic E-state index is 11.3. The van der Waals surface area contributed by atoms with Crippen LogP contribution in [0.25, 0.3) is 0 Å². The van der Waals surface area contributed by atoms with Gasteiger partial charge in [-0.15, -0.1) is 0 Å². The summed E-state index contributed by atoms with van der Waals surface area (Å²) in [7, 11) is 0. The Morgan fingerprint density at radius 1 is 1.40 bits per heavy atom. The molecule has 1 aromatic carbocycles. The summed E-state index contributed by atoms with van der Waals surface area (Å²) in [5, 5.41) is 18.6. The Morgan fingerprint density at radius 2 is 2.07 bits per heavy atom. The van der Waals surface area contributed by atoms with E-state index < -0.39 is 12.1 Å². The molecule has 1 aromatic rings. The Balaban J connectivity index is 2.65. The number of rotatable bonds is 1. The summed E-state index contributed by atoms with van der Waals surface area (Å²) >= 11 is 0. The zero-order valence-electron chi connectivity index (χ0n) is 7.85. The molecule has 0 radical (unpaired) electrons. The number of Topliss-reactive ketones (excluding diaryl/α,β-unsaturated/α-hetero) is 1. The van der Waals surface area contributed by atoms with Crippen molar-refractivity contribution >= 4 is 11.8 Å². The monoisotopic (exact) mass is 208 g/mol. The number of phenolic OH excluding ortho intramolecular Hbond substituents is 2. The Kier molecular flexibility index (Phi) is 1.89. The molecule has 15 heavy (non-hydrogen) atoms. The topological polar surface area (TPSA) is 83.8 Å². The SMILES string of the molecule is CC(=O)C1OC(=O)c2c(O)cc(O)cc21. The van der Waals surface area contributed by atoms with Gasteiger partial charge in [-0.05, 0) is 13.0 Å². The summed E-state index contributed by atoms with van der Waals surface area (Å²) in [6.07, 6.45) is -1.02. The lowest BCUT2D eigenvalue weighted by Crippen LogP contribution is -2.07. The zero-order chi connectivity index (χ0) is 11.2. The van der Waals surface area contributed by atoms with Crippen LogP contribution < -0.4 is 0 Å². The Hall–Kier alpha value is -2.04. The number of carbonyl (C=O) groups is 2. The third-order valence-corrected chi connectivity index (χ3v) is 2.21. The normalized spacial score (nSPS) is 18.5. The third kappa shape index (κ3) is 1.32. The number of hydrogen-bond donors (Lipinski definition) is 2. The molecular formula is C10H8O5. The van der Waals surface area contributed by atoms with Crippen LogP contribution in [0.4, 0.5) is 0 Å². The summed E-state index contributed by atoms with van der Waals surface area (Å²) in [5.74, 6) is -1.69. The molecule has 2 rings (SSSR count). The second kappa shape index (κ2) is 2.98. The summed E-state index contributed by atoms with van der Waals surface area (Å²) < 4.78 is 4.77. The first-order chi connectivity index (χ1) is 7.00. The molecule has 0 amide bonds. The van der Waals surface area contributed by atoms with Crippen molar-refractivity contribution in [2.24, 2.45) is 0 Å². The van der Waals surface area contributed by atoms with Gasteiger partial charge in [-0.1, -0.05) is 0 Å². The lowest BCUT2D eigenvalue weighted by Gasteiger charge is -2.05. The Morgan fingerprint density at radius 3 is 2.67 bits per heavy atom. The largest absolute Gasteiger partial charge is 0.508 e. The molecule has 78 valence electrons. The number of esters is 1. The average Bonchev–Trinajstić information content (AvgIpc) is 2.42. The van der Waals surface area contributed by atoms with Crippen LogP contribution >= 0.6 is 0 Å². The van der Waals surface area contributed by atoms with Crippen LogP contribution in [-0.4, -0.2) is 22.0 Å². The van der Waals surface area contributed by atoms with Crippen molar-refractivity contribution in [3.63, 3.8) is 0 Å². The minimum Gasteiger partial charge on any atom is -0.508 e. The molecule has 1 heterocycles. The molecular weight excluding hydrogens is 200 g/mol. The van der Waals surface area contributed by atoms with Gasteiger partial charge in [-0.2, -0.15) is 0 Å². The Bertz CT molecular complexity index is 463. The Labute approximate surface area is 84.9 Å². The fraction of sp³-hybridized carbons (Fsp3) is 0.200. The molecule has 5 nitrogen and oxygen atoms in total. The number of ketones is 1. The minimum atomic E-state index is -1.02. The standard InChI is InChI=1S/C10H8O5/c1-4(11)9-6-2-5(12)3-7(13)8(6)10(14)15-9/h2-3,9,12-13H,1H3. The lowest BCUT2D eigenvalue weighted by atomic mass is 10.0. The van der Waals surface area contributed by atoms with Gasteiger partial charge in [0.25, 0.3) is 0 Å². The molecule has 0 spiro atoms. The zero-order valence-corrected chi connectivity index (χ0v) is 7.85. The summed E-state index contributed by atoms with van der Waals surface area (Å²) in [4.78, 5) is 22.4. The quantitative estimate of drug-likeness (QED) is 0.670. The highest BCUT2D eigenvalue weighted by Gasteiger charge is 2.36. The first kappa shape index (κ1) is 9.51. The van der Waals surface area contributed by atoms with Crippen LogP contribution in [0.1, 0.15) is 28.9 Å². The highest BCUT2D eigenvalue weighted by atomic mass is 16.6. The van der Waals surface area contributed by atoms with E-state index in [1.165, 1.54) is 13.0 Å². The van der Waals surface area contributed by atoms with E-state index >= 15 is 0 Å². The fourth-order valence-electron chi connectivity index (χ4n) is 1.59. The van der Waals surface area contributed by atoms with Crippen molar-refractivity contribution in [3.05, 3.63) is 23.3 Å². The number of cyclic esters (lactones) is 1. The number of hydrogen-bond acceptors (Lipinski definition) is 5. The smallest absolute Gasteiger partial charge is 0.343 e. The predicted molar refractivity (Wildman–Crippen MR) is 48.6 cm³/mol. The van der Waals surface area contributed by atoms with Crippen molar-refractivity contribution in [1.29, 1.82) is 0 Å². The van der Waals surface area contributed by atoms with Crippen molar-refractivity contribution in [1.82, 2.24) is 0 Å². The molecule has 0 bridgehead atoms. The van der Waals surface area contributed by atoms with Gasteiger partial charge in [-0.25, -0.2) is 4.79 Å². The molecule has 0 saturated carbocycles. The molecule has 5 heteroatoms. The highest BCUT2D eigenvalue weighted by molar-refractivity contribution is 6.02. The van der Waals surface area contributed by atoms with Gasteiger partial charge in [0.1, 0.15) is 17.1 Å². The van der Waals surface area contributed by atoms with Gasteiger partial charge >= 0.3 is 5.97 Å². The number of fused-ring (bicyclic) bond motifs is 1. The average molecular weight is 208 g/mol. The van der Waals surface area contributed by atoms with Crippen molar-refractivity contribution in [3.8, 4) is 11.5 Å². The molecule has 0 aliphatic carbocycles. The van der Waals surface area contributed by atoms with Crippen molar-refractivity contribution in [2.75, 3.05) is 0 Å². The van der Waals surface area contributed by atoms with E-state index in [1.807, 2.05) is 0 Å². The van der Waals surface area contributed by atoms with Crippen molar-refractivity contribution < 1.29 is 24.5 Å². The second-order valence-corrected chi connectivity index (χ2v) is 3.33. The van der Waals surface area contributed by atoms with E-state index in [-0.39, 0.29) is 28.4 Å². The fourth-order valence-corrected chi connectivity index (χ4v) is 1.59. The molecule has 1 unspecified atom stereocenters. The van der Waals surface area contributed by atoms with Crippen molar-refractivity contribution in [2.45, 2.75) is 13.0 Å². The number of ether oxygens (including phenoxy) is 1. The predicted octanol–water partition coefficient (Wildman–Crippen LogP) is 0.898. The van der Waals surface area contributed by atoms with Crippen LogP contribution in [0.15, 0.2) is 12.1 Å². The molecule has 0 saturated heterocycles. The molecule has 2 N–H and O–H groups in total. The lowest BCUT2D eigenvalue weighted by molar-refractivity contribution is -0.125. The van der Waals surface area contributed by atoms with Crippen LogP contribution in [0.3, 0.4) is 0 Å². The van der Waals surface area contributed by atoms with E-state index in [0.717, 1.165) is 6.07 Å². The highest BCUT2D eigenvalue weighted by Crippen LogP contribution is 2.38. The minimum absolute atomic E-state index is 0.0481. The van der Waals surface area contributed by atoms with E-state index in [4.69, 9.17) is 4.74 Å². The van der Waals surface area contributed by atoms with E-state index in [9.17, 15) is 19.8 Å². The summed E-state index contributed by atoms with van der Waals surface area (Å²) in [6, 6.07) is 2.27. The molecule has 1 aliphatic heterocycles. The van der Waals surface area contributed by atoms with Gasteiger partial charge in [0.05, 0.1) is 0 Å². The second-order valence-electron chi connectivity index (χ2n) is 3.33. The first-order valence-corrected chi connectivity index (χ1v) is 4.28. The third-order valence-electron chi connectivity index (χ3n) is 2.21. The number of benzene rings is 1.